The first-order chi connectivity index (χ1) is 16.8. The van der Waals surface area contributed by atoms with Crippen LogP contribution in [0, 0.1) is 0 Å². The molecule has 0 aromatic carbocycles. The molecule has 0 radical (unpaired) electrons. The molecular weight excluding hydrogens is 498 g/mol. The standard InChI is InChI=1S/C27H48O7P2/c1-7-26(18-11-17-25(6)16-10-15-24(5)14-9-13-23(3)4)19-12-20-27(8-2)21-22-33-36(31,32)34-35(28,29)30/h13,15,17,19,21H,7-12,14,16,18,20,22H2,1-6H3,(H,31,32)(H2,28,29,30)/b24-15+,25-17+,26-19-,27-21-. The average Bonchev–Trinajstić information content (AvgIpc) is 2.74. The van der Waals surface area contributed by atoms with Crippen molar-refractivity contribution in [3.8, 4) is 0 Å². The summed E-state index contributed by atoms with van der Waals surface area (Å²) in [5.41, 5.74) is 6.72. The number of phosphoric acid groups is 2. The normalized spacial score (nSPS) is 15.7. The van der Waals surface area contributed by atoms with E-state index in [-0.39, 0.29) is 6.61 Å². The lowest BCUT2D eigenvalue weighted by Gasteiger charge is -2.11. The lowest BCUT2D eigenvalue weighted by atomic mass is 10.0. The van der Waals surface area contributed by atoms with Crippen molar-refractivity contribution in [2.45, 2.75) is 106 Å². The van der Waals surface area contributed by atoms with Gasteiger partial charge in [-0.25, -0.2) is 9.13 Å². The van der Waals surface area contributed by atoms with Crippen LogP contribution in [-0.2, 0) is 18.0 Å². The topological polar surface area (TPSA) is 113 Å². The maximum absolute atomic E-state index is 11.5. The molecule has 208 valence electrons. The summed E-state index contributed by atoms with van der Waals surface area (Å²) in [7, 11) is -9.90. The summed E-state index contributed by atoms with van der Waals surface area (Å²) in [5, 5.41) is 0. The second-order valence-electron chi connectivity index (χ2n) is 9.31. The largest absolute Gasteiger partial charge is 0.481 e. The van der Waals surface area contributed by atoms with Crippen LogP contribution in [0.5, 0.6) is 0 Å². The van der Waals surface area contributed by atoms with Gasteiger partial charge in [0.2, 0.25) is 0 Å². The van der Waals surface area contributed by atoms with E-state index < -0.39 is 15.6 Å². The Morgan fingerprint density at radius 1 is 0.667 bits per heavy atom. The van der Waals surface area contributed by atoms with Crippen molar-refractivity contribution in [2.24, 2.45) is 0 Å². The SMILES string of the molecule is CC/C(=C/COP(=O)(O)OP(=O)(O)O)CC/C=C(/CC)CC/C=C(\C)CC/C=C(\C)CCC=C(C)C. The molecule has 0 fully saturated rings. The van der Waals surface area contributed by atoms with Crippen LogP contribution in [0.25, 0.3) is 0 Å². The van der Waals surface area contributed by atoms with E-state index in [1.807, 2.05) is 6.92 Å². The minimum absolute atomic E-state index is 0.254. The Morgan fingerprint density at radius 3 is 1.58 bits per heavy atom. The second-order valence-corrected chi connectivity index (χ2v) is 12.1. The van der Waals surface area contributed by atoms with Gasteiger partial charge in [0, 0.05) is 0 Å². The lowest BCUT2D eigenvalue weighted by molar-refractivity contribution is 0.191. The quantitative estimate of drug-likeness (QED) is 0.109. The first kappa shape index (κ1) is 35.0. The van der Waals surface area contributed by atoms with E-state index in [0.29, 0.717) is 0 Å². The summed E-state index contributed by atoms with van der Waals surface area (Å²) in [6.07, 6.45) is 20.8. The molecule has 0 rings (SSSR count). The first-order valence-corrected chi connectivity index (χ1v) is 15.8. The van der Waals surface area contributed by atoms with Crippen molar-refractivity contribution in [3.05, 3.63) is 58.2 Å². The fourth-order valence-electron chi connectivity index (χ4n) is 3.56. The fraction of sp³-hybridized carbons (Fsp3) is 0.630. The smallest absolute Gasteiger partial charge is 0.302 e. The fourth-order valence-corrected chi connectivity index (χ4v) is 5.08. The number of allylic oxidation sites excluding steroid dienone is 9. The molecule has 3 N–H and O–H groups in total. The van der Waals surface area contributed by atoms with Crippen LogP contribution in [0.15, 0.2) is 58.2 Å². The van der Waals surface area contributed by atoms with Gasteiger partial charge in [-0.3, -0.25) is 4.52 Å². The van der Waals surface area contributed by atoms with Crippen LogP contribution in [-0.4, -0.2) is 21.3 Å². The Hall–Kier alpha value is -1.04. The zero-order valence-electron chi connectivity index (χ0n) is 23.0. The zero-order chi connectivity index (χ0) is 27.6. The number of hydrogen-bond acceptors (Lipinski definition) is 4. The van der Waals surface area contributed by atoms with Gasteiger partial charge in [0.15, 0.2) is 0 Å². The maximum atomic E-state index is 11.5. The Labute approximate surface area is 218 Å². The monoisotopic (exact) mass is 546 g/mol. The Balaban J connectivity index is 4.50. The van der Waals surface area contributed by atoms with Gasteiger partial charge >= 0.3 is 15.6 Å². The van der Waals surface area contributed by atoms with Crippen LogP contribution in [0.3, 0.4) is 0 Å². The van der Waals surface area contributed by atoms with Gasteiger partial charge in [-0.1, -0.05) is 72.1 Å². The lowest BCUT2D eigenvalue weighted by Crippen LogP contribution is -1.95. The van der Waals surface area contributed by atoms with Gasteiger partial charge in [-0.15, -0.1) is 0 Å². The molecular formula is C27H48O7P2. The minimum Gasteiger partial charge on any atom is -0.302 e. The Morgan fingerprint density at radius 2 is 1.11 bits per heavy atom. The molecule has 0 saturated carbocycles. The van der Waals surface area contributed by atoms with Crippen LogP contribution in [0.4, 0.5) is 0 Å². The highest BCUT2D eigenvalue weighted by Gasteiger charge is 2.31. The third-order valence-corrected chi connectivity index (χ3v) is 7.86. The van der Waals surface area contributed by atoms with Gasteiger partial charge in [-0.05, 0) is 91.9 Å². The van der Waals surface area contributed by atoms with Crippen LogP contribution >= 0.6 is 15.6 Å². The van der Waals surface area contributed by atoms with Crippen LogP contribution in [0.2, 0.25) is 0 Å². The predicted molar refractivity (Wildman–Crippen MR) is 150 cm³/mol. The number of phosphoric ester groups is 1. The molecule has 0 saturated heterocycles. The molecule has 7 nitrogen and oxygen atoms in total. The maximum Gasteiger partial charge on any atom is 0.481 e. The summed E-state index contributed by atoms with van der Waals surface area (Å²) in [6.45, 7) is 12.6. The highest BCUT2D eigenvalue weighted by Crippen LogP contribution is 2.57. The van der Waals surface area contributed by atoms with Gasteiger partial charge in [0.05, 0.1) is 6.61 Å². The highest BCUT2D eigenvalue weighted by atomic mass is 31.3. The molecule has 0 spiro atoms. The number of hydrogen-bond donors (Lipinski definition) is 3. The molecule has 0 aliphatic rings. The van der Waals surface area contributed by atoms with Crippen molar-refractivity contribution in [1.29, 1.82) is 0 Å². The van der Waals surface area contributed by atoms with Gasteiger partial charge in [0.1, 0.15) is 0 Å². The minimum atomic E-state index is -5.10. The highest BCUT2D eigenvalue weighted by molar-refractivity contribution is 7.60. The van der Waals surface area contributed by atoms with E-state index in [1.165, 1.54) is 22.3 Å². The van der Waals surface area contributed by atoms with Gasteiger partial charge in [-0.2, -0.15) is 4.31 Å². The molecule has 36 heavy (non-hydrogen) atoms. The molecule has 1 atom stereocenters. The summed E-state index contributed by atoms with van der Waals surface area (Å²) < 4.78 is 30.6. The Bertz CT molecular complexity index is 888. The molecule has 0 aromatic heterocycles. The number of rotatable bonds is 19. The van der Waals surface area contributed by atoms with E-state index >= 15 is 0 Å². The summed E-state index contributed by atoms with van der Waals surface area (Å²) in [4.78, 5) is 26.6. The molecule has 0 aromatic rings. The van der Waals surface area contributed by atoms with E-state index in [2.05, 4.69) is 67.8 Å². The van der Waals surface area contributed by atoms with Gasteiger partial charge < -0.3 is 14.7 Å². The van der Waals surface area contributed by atoms with Gasteiger partial charge in [0.25, 0.3) is 0 Å². The predicted octanol–water partition coefficient (Wildman–Crippen LogP) is 8.87. The third-order valence-electron chi connectivity index (χ3n) is 5.71. The van der Waals surface area contributed by atoms with Crippen molar-refractivity contribution < 1.29 is 32.6 Å². The Kier molecular flexibility index (Phi) is 18.5. The van der Waals surface area contributed by atoms with E-state index in [9.17, 15) is 14.0 Å². The van der Waals surface area contributed by atoms with Crippen molar-refractivity contribution in [3.63, 3.8) is 0 Å². The molecule has 1 unspecified atom stereocenters. The third kappa shape index (κ3) is 21.1. The molecule has 0 aliphatic heterocycles. The summed E-state index contributed by atoms with van der Waals surface area (Å²) in [6, 6.07) is 0. The zero-order valence-corrected chi connectivity index (χ0v) is 24.8. The first-order valence-electron chi connectivity index (χ1n) is 12.8. The average molecular weight is 547 g/mol. The van der Waals surface area contributed by atoms with E-state index in [0.717, 1.165) is 69.8 Å². The van der Waals surface area contributed by atoms with Crippen molar-refractivity contribution >= 4 is 15.6 Å². The van der Waals surface area contributed by atoms with E-state index in [1.54, 1.807) is 6.08 Å². The summed E-state index contributed by atoms with van der Waals surface area (Å²) >= 11 is 0. The molecule has 0 heterocycles. The molecule has 0 aliphatic carbocycles. The van der Waals surface area contributed by atoms with Crippen molar-refractivity contribution in [1.82, 2.24) is 0 Å². The van der Waals surface area contributed by atoms with Crippen LogP contribution in [0.1, 0.15) is 106 Å². The molecule has 9 heteroatoms. The second kappa shape index (κ2) is 19.1. The van der Waals surface area contributed by atoms with Crippen LogP contribution < -0.4 is 0 Å². The molecule has 0 bridgehead atoms. The van der Waals surface area contributed by atoms with E-state index in [4.69, 9.17) is 9.79 Å². The summed E-state index contributed by atoms with van der Waals surface area (Å²) in [5.74, 6) is 0. The molecule has 0 amide bonds. The van der Waals surface area contributed by atoms with Crippen molar-refractivity contribution in [2.75, 3.05) is 6.61 Å².